The molecule has 5 aromatic rings. The summed E-state index contributed by atoms with van der Waals surface area (Å²) in [6, 6.07) is 37.7. The van der Waals surface area contributed by atoms with Crippen LogP contribution in [0.1, 0.15) is 134 Å². The molecule has 0 radical (unpaired) electrons. The zero-order chi connectivity index (χ0) is 36.3. The van der Waals surface area contributed by atoms with Gasteiger partial charge in [0, 0.05) is 16.7 Å². The molecular formula is C50H57N. The predicted octanol–water partition coefficient (Wildman–Crippen LogP) is 14.1. The maximum atomic E-state index is 2.65. The zero-order valence-electron chi connectivity index (χ0n) is 33.0. The van der Waals surface area contributed by atoms with Crippen LogP contribution in [-0.2, 0) is 27.1 Å². The molecule has 0 N–H and O–H groups in total. The van der Waals surface area contributed by atoms with E-state index in [2.05, 4.69) is 178 Å². The van der Waals surface area contributed by atoms with E-state index >= 15 is 0 Å². The van der Waals surface area contributed by atoms with Crippen molar-refractivity contribution in [2.45, 2.75) is 129 Å². The number of hydrogen-bond donors (Lipinski definition) is 0. The van der Waals surface area contributed by atoms with E-state index in [4.69, 9.17) is 0 Å². The van der Waals surface area contributed by atoms with Gasteiger partial charge in [0.1, 0.15) is 0 Å². The molecule has 0 heterocycles. The third kappa shape index (κ3) is 5.16. The second-order valence-corrected chi connectivity index (χ2v) is 19.2. The number of para-hydroxylation sites is 1. The predicted molar refractivity (Wildman–Crippen MR) is 219 cm³/mol. The number of aryl methyl sites for hydroxylation is 1. The molecular weight excluding hydrogens is 615 g/mol. The number of fused-ring (bicyclic) bond motifs is 5. The number of benzene rings is 5. The van der Waals surface area contributed by atoms with Gasteiger partial charge in [-0.1, -0.05) is 142 Å². The molecule has 0 aliphatic heterocycles. The summed E-state index contributed by atoms with van der Waals surface area (Å²) in [5.41, 5.74) is 19.7. The fraction of sp³-hybridized carbons (Fsp3) is 0.400. The lowest BCUT2D eigenvalue weighted by Gasteiger charge is -2.45. The van der Waals surface area contributed by atoms with E-state index in [1.165, 1.54) is 104 Å². The lowest BCUT2D eigenvalue weighted by molar-refractivity contribution is 0.332. The second kappa shape index (κ2) is 11.2. The molecule has 1 heteroatoms. The van der Waals surface area contributed by atoms with E-state index in [1.54, 1.807) is 0 Å². The van der Waals surface area contributed by atoms with Gasteiger partial charge in [0.2, 0.25) is 0 Å². The molecule has 3 aliphatic rings. The summed E-state index contributed by atoms with van der Waals surface area (Å²) in [7, 11) is 0. The van der Waals surface area contributed by atoms with E-state index in [-0.39, 0.29) is 27.1 Å². The average Bonchev–Trinajstić information content (AvgIpc) is 3.31. The van der Waals surface area contributed by atoms with Crippen LogP contribution < -0.4 is 4.90 Å². The molecule has 0 amide bonds. The number of hydrogen-bond acceptors (Lipinski definition) is 1. The summed E-state index contributed by atoms with van der Waals surface area (Å²) in [6.07, 6.45) is 4.78. The van der Waals surface area contributed by atoms with Crippen LogP contribution >= 0.6 is 0 Å². The van der Waals surface area contributed by atoms with Gasteiger partial charge in [0.15, 0.2) is 0 Å². The fourth-order valence-electron chi connectivity index (χ4n) is 9.99. The average molecular weight is 672 g/mol. The van der Waals surface area contributed by atoms with Gasteiger partial charge in [-0.3, -0.25) is 0 Å². The van der Waals surface area contributed by atoms with Crippen molar-refractivity contribution in [2.75, 3.05) is 4.90 Å². The Morgan fingerprint density at radius 2 is 1.04 bits per heavy atom. The molecule has 0 saturated heterocycles. The summed E-state index contributed by atoms with van der Waals surface area (Å²) in [5, 5.41) is 0. The lowest BCUT2D eigenvalue weighted by atomic mass is 9.62. The quantitative estimate of drug-likeness (QED) is 0.184. The van der Waals surface area contributed by atoms with Crippen LogP contribution in [0.25, 0.3) is 22.3 Å². The highest BCUT2D eigenvalue weighted by molar-refractivity contribution is 5.96. The van der Waals surface area contributed by atoms with Gasteiger partial charge in [-0.25, -0.2) is 0 Å². The third-order valence-corrected chi connectivity index (χ3v) is 13.5. The molecule has 262 valence electrons. The minimum Gasteiger partial charge on any atom is -0.309 e. The molecule has 0 unspecified atom stereocenters. The first-order chi connectivity index (χ1) is 23.9. The van der Waals surface area contributed by atoms with Crippen molar-refractivity contribution in [1.29, 1.82) is 0 Å². The largest absolute Gasteiger partial charge is 0.309 e. The van der Waals surface area contributed by atoms with Gasteiger partial charge >= 0.3 is 0 Å². The molecule has 0 atom stereocenters. The summed E-state index contributed by atoms with van der Waals surface area (Å²) in [5.74, 6) is 0. The molecule has 1 nitrogen and oxygen atoms in total. The first-order valence-electron chi connectivity index (χ1n) is 19.4. The highest BCUT2D eigenvalue weighted by Gasteiger charge is 2.43. The molecule has 0 saturated carbocycles. The van der Waals surface area contributed by atoms with Crippen molar-refractivity contribution in [3.8, 4) is 22.3 Å². The minimum atomic E-state index is -0.115. The van der Waals surface area contributed by atoms with Gasteiger partial charge in [0.25, 0.3) is 0 Å². The van der Waals surface area contributed by atoms with Crippen LogP contribution in [0.3, 0.4) is 0 Å². The van der Waals surface area contributed by atoms with Gasteiger partial charge < -0.3 is 4.90 Å². The van der Waals surface area contributed by atoms with Gasteiger partial charge in [-0.05, 0) is 134 Å². The van der Waals surface area contributed by atoms with Crippen LogP contribution in [-0.4, -0.2) is 0 Å². The Morgan fingerprint density at radius 3 is 1.75 bits per heavy atom. The van der Waals surface area contributed by atoms with Crippen molar-refractivity contribution in [3.05, 3.63) is 136 Å². The molecule has 0 aromatic heterocycles. The standard InChI is InChI=1S/C50H57N/c1-32-21-23-40-44(49(8,9)28-27-47(40,4)5)45(32)51(34-17-13-12-14-18-34)43-31-41-37(35-19-15-16-20-38(35)50(41,10)11)30-36(43)33-22-24-39-42(29-33)48(6,7)26-25-46(39,2)3/h12-24,29-31H,25-28H2,1-11H3. The normalized spacial score (nSPS) is 19.7. The summed E-state index contributed by atoms with van der Waals surface area (Å²) in [4.78, 5) is 2.65. The molecule has 0 bridgehead atoms. The topological polar surface area (TPSA) is 3.24 Å². The Morgan fingerprint density at radius 1 is 0.451 bits per heavy atom. The van der Waals surface area contributed by atoms with Gasteiger partial charge in [0.05, 0.1) is 11.4 Å². The van der Waals surface area contributed by atoms with E-state index in [9.17, 15) is 0 Å². The highest BCUT2D eigenvalue weighted by atomic mass is 15.2. The summed E-state index contributed by atoms with van der Waals surface area (Å²) < 4.78 is 0. The Balaban J connectivity index is 1.50. The number of anilines is 3. The third-order valence-electron chi connectivity index (χ3n) is 13.5. The Kier molecular flexibility index (Phi) is 7.47. The van der Waals surface area contributed by atoms with Crippen molar-refractivity contribution >= 4 is 17.1 Å². The van der Waals surface area contributed by atoms with E-state index in [0.717, 1.165) is 0 Å². The van der Waals surface area contributed by atoms with Gasteiger partial charge in [-0.15, -0.1) is 0 Å². The van der Waals surface area contributed by atoms with Crippen LogP contribution in [0.15, 0.2) is 97.1 Å². The molecule has 0 fully saturated rings. The summed E-state index contributed by atoms with van der Waals surface area (Å²) in [6.45, 7) is 26.8. The van der Waals surface area contributed by atoms with E-state index < -0.39 is 0 Å². The molecule has 5 aromatic carbocycles. The minimum absolute atomic E-state index is 0.0348. The molecule has 8 rings (SSSR count). The van der Waals surface area contributed by atoms with Crippen molar-refractivity contribution in [1.82, 2.24) is 0 Å². The molecule has 0 spiro atoms. The summed E-state index contributed by atoms with van der Waals surface area (Å²) >= 11 is 0. The Hall–Kier alpha value is -4.10. The molecule has 3 aliphatic carbocycles. The van der Waals surface area contributed by atoms with Gasteiger partial charge in [-0.2, -0.15) is 0 Å². The first-order valence-corrected chi connectivity index (χ1v) is 19.4. The van der Waals surface area contributed by atoms with Crippen molar-refractivity contribution in [3.63, 3.8) is 0 Å². The smallest absolute Gasteiger partial charge is 0.0543 e. The van der Waals surface area contributed by atoms with Crippen LogP contribution in [0.2, 0.25) is 0 Å². The van der Waals surface area contributed by atoms with Crippen LogP contribution in [0.5, 0.6) is 0 Å². The maximum Gasteiger partial charge on any atom is 0.0543 e. The molecule has 51 heavy (non-hydrogen) atoms. The number of nitrogens with zero attached hydrogens (tertiary/aromatic N) is 1. The monoisotopic (exact) mass is 671 g/mol. The number of rotatable bonds is 4. The Bertz CT molecular complexity index is 2190. The second-order valence-electron chi connectivity index (χ2n) is 19.2. The lowest BCUT2D eigenvalue weighted by Crippen LogP contribution is -2.35. The maximum absolute atomic E-state index is 2.65. The van der Waals surface area contributed by atoms with Crippen LogP contribution in [0.4, 0.5) is 17.1 Å². The highest BCUT2D eigenvalue weighted by Crippen LogP contribution is 2.57. The first kappa shape index (κ1) is 34.0. The van der Waals surface area contributed by atoms with Crippen molar-refractivity contribution < 1.29 is 0 Å². The SMILES string of the molecule is Cc1ccc2c(c1N(c1ccccc1)c1cc3c(cc1-c1ccc4c(c1)C(C)(C)CCC4(C)C)-c1ccccc1C3(C)C)C(C)(C)CCC2(C)C. The van der Waals surface area contributed by atoms with E-state index in [0.29, 0.717) is 0 Å². The van der Waals surface area contributed by atoms with E-state index in [1.807, 2.05) is 0 Å². The van der Waals surface area contributed by atoms with Crippen LogP contribution in [0, 0.1) is 6.92 Å². The van der Waals surface area contributed by atoms with Crippen molar-refractivity contribution in [2.24, 2.45) is 0 Å². The Labute approximate surface area is 308 Å². The zero-order valence-corrected chi connectivity index (χ0v) is 33.0. The fourth-order valence-corrected chi connectivity index (χ4v) is 9.99.